The Labute approximate surface area is 425 Å². The van der Waals surface area contributed by atoms with Crippen molar-refractivity contribution in [2.24, 2.45) is 0 Å². The van der Waals surface area contributed by atoms with E-state index in [2.05, 4.69) is 55.6 Å². The molecule has 0 bridgehead atoms. The van der Waals surface area contributed by atoms with Crippen molar-refractivity contribution in [1.29, 1.82) is 0 Å². The lowest BCUT2D eigenvalue weighted by atomic mass is 10.0. The van der Waals surface area contributed by atoms with Gasteiger partial charge in [-0.1, -0.05) is 300 Å². The van der Waals surface area contributed by atoms with Crippen molar-refractivity contribution in [3.8, 4) is 0 Å². The van der Waals surface area contributed by atoms with Gasteiger partial charge in [0.25, 0.3) is 0 Å². The molecule has 5 heteroatoms. The largest absolute Gasteiger partial charge is 0.394 e. The lowest BCUT2D eigenvalue weighted by molar-refractivity contribution is -0.131. The summed E-state index contributed by atoms with van der Waals surface area (Å²) >= 11 is 0. The van der Waals surface area contributed by atoms with Crippen molar-refractivity contribution in [1.82, 2.24) is 5.32 Å². The van der Waals surface area contributed by atoms with Crippen LogP contribution in [-0.4, -0.2) is 46.1 Å². The van der Waals surface area contributed by atoms with Crippen LogP contribution in [0.15, 0.2) is 48.6 Å². The van der Waals surface area contributed by atoms with E-state index in [1.165, 1.54) is 257 Å². The Balaban J connectivity index is 3.59. The van der Waals surface area contributed by atoms with Crippen LogP contribution >= 0.6 is 0 Å². The zero-order valence-electron chi connectivity index (χ0n) is 45.7. The molecule has 0 aliphatic rings. The van der Waals surface area contributed by atoms with Gasteiger partial charge in [-0.05, 0) is 70.6 Å². The Bertz CT molecular complexity index is 1100. The first kappa shape index (κ1) is 66.3. The van der Waals surface area contributed by atoms with Crippen LogP contribution < -0.4 is 5.32 Å². The van der Waals surface area contributed by atoms with E-state index in [-0.39, 0.29) is 6.61 Å². The molecular formula is C63H119NO4. The van der Waals surface area contributed by atoms with Crippen molar-refractivity contribution in [2.75, 3.05) is 6.61 Å². The molecule has 0 fully saturated rings. The first-order chi connectivity index (χ1) is 33.6. The number of hydrogen-bond acceptors (Lipinski definition) is 4. The average Bonchev–Trinajstić information content (AvgIpc) is 3.34. The molecule has 3 unspecified atom stereocenters. The maximum atomic E-state index is 12.6. The highest BCUT2D eigenvalue weighted by molar-refractivity contribution is 5.80. The molecule has 1 amide bonds. The number of aliphatic hydroxyl groups excluding tert-OH is 3. The third kappa shape index (κ3) is 52.1. The Hall–Kier alpha value is -1.69. The quantitative estimate of drug-likeness (QED) is 0.0361. The van der Waals surface area contributed by atoms with Crippen LogP contribution in [0.5, 0.6) is 0 Å². The molecule has 3 atom stereocenters. The van der Waals surface area contributed by atoms with Crippen LogP contribution in [-0.2, 0) is 4.79 Å². The minimum absolute atomic E-state index is 0.381. The van der Waals surface area contributed by atoms with Gasteiger partial charge in [-0.2, -0.15) is 0 Å². The minimum atomic E-state index is -1.11. The van der Waals surface area contributed by atoms with Crippen molar-refractivity contribution >= 4 is 5.91 Å². The number of carbonyl (C=O) groups is 1. The smallest absolute Gasteiger partial charge is 0.249 e. The minimum Gasteiger partial charge on any atom is -0.394 e. The van der Waals surface area contributed by atoms with Gasteiger partial charge in [0.2, 0.25) is 5.91 Å². The highest BCUT2D eigenvalue weighted by atomic mass is 16.3. The van der Waals surface area contributed by atoms with Gasteiger partial charge in [0.15, 0.2) is 0 Å². The molecule has 0 radical (unpaired) electrons. The summed E-state index contributed by atoms with van der Waals surface area (Å²) < 4.78 is 0. The Kier molecular flexibility index (Phi) is 56.4. The predicted molar refractivity (Wildman–Crippen MR) is 301 cm³/mol. The number of allylic oxidation sites excluding steroid dienone is 7. The van der Waals surface area contributed by atoms with Gasteiger partial charge in [-0.15, -0.1) is 0 Å². The fraction of sp³-hybridized carbons (Fsp3) is 0.857. The summed E-state index contributed by atoms with van der Waals surface area (Å²) in [6, 6.07) is -0.823. The second kappa shape index (κ2) is 57.9. The predicted octanol–water partition coefficient (Wildman–Crippen LogP) is 19.2. The summed E-state index contributed by atoms with van der Waals surface area (Å²) in [6.45, 7) is 4.20. The standard InChI is InChI=1S/C63H119NO4/c1-3-5-7-9-11-13-15-17-19-21-23-25-27-29-30-31-32-33-34-36-38-40-42-44-46-48-50-52-54-56-58-62(67)63(68)64-60(59-65)61(66)57-55-53-51-49-47-45-43-41-39-37-35-28-26-24-22-20-18-16-14-12-10-8-6-4-2/h29-30,39,41,47,49,55,57,60-62,65-67H,3-28,31-38,40,42-46,48,50-54,56,58-59H2,1-2H3,(H,64,68)/b30-29-,41-39+,49-47+,57-55+. The Morgan fingerprint density at radius 1 is 0.353 bits per heavy atom. The summed E-state index contributed by atoms with van der Waals surface area (Å²) in [6.07, 6.45) is 77.8. The Morgan fingerprint density at radius 2 is 0.603 bits per heavy atom. The number of nitrogens with one attached hydrogen (secondary N) is 1. The molecule has 68 heavy (non-hydrogen) atoms. The zero-order valence-corrected chi connectivity index (χ0v) is 45.7. The van der Waals surface area contributed by atoms with E-state index < -0.39 is 24.2 Å². The van der Waals surface area contributed by atoms with Crippen molar-refractivity contribution in [2.45, 2.75) is 340 Å². The van der Waals surface area contributed by atoms with Gasteiger partial charge in [0, 0.05) is 0 Å². The molecule has 5 nitrogen and oxygen atoms in total. The number of aliphatic hydroxyl groups is 3. The van der Waals surface area contributed by atoms with Gasteiger partial charge in [0.05, 0.1) is 18.8 Å². The second-order valence-corrected chi connectivity index (χ2v) is 20.9. The van der Waals surface area contributed by atoms with Crippen LogP contribution in [0.2, 0.25) is 0 Å². The normalized spacial score (nSPS) is 13.5. The van der Waals surface area contributed by atoms with Gasteiger partial charge >= 0.3 is 0 Å². The molecule has 0 rings (SSSR count). The molecule has 0 aromatic heterocycles. The fourth-order valence-electron chi connectivity index (χ4n) is 9.39. The molecular weight excluding hydrogens is 835 g/mol. The maximum Gasteiger partial charge on any atom is 0.249 e. The van der Waals surface area contributed by atoms with E-state index in [4.69, 9.17) is 0 Å². The van der Waals surface area contributed by atoms with Crippen LogP contribution in [0.1, 0.15) is 322 Å². The Morgan fingerprint density at radius 3 is 0.897 bits per heavy atom. The van der Waals surface area contributed by atoms with E-state index >= 15 is 0 Å². The second-order valence-electron chi connectivity index (χ2n) is 20.9. The third-order valence-corrected chi connectivity index (χ3v) is 14.1. The molecule has 0 aliphatic heterocycles. The van der Waals surface area contributed by atoms with Crippen molar-refractivity contribution in [3.05, 3.63) is 48.6 Å². The molecule has 0 heterocycles. The first-order valence-corrected chi connectivity index (χ1v) is 30.5. The number of rotatable bonds is 56. The monoisotopic (exact) mass is 954 g/mol. The third-order valence-electron chi connectivity index (χ3n) is 14.1. The van der Waals surface area contributed by atoms with E-state index in [0.29, 0.717) is 6.42 Å². The molecule has 0 saturated heterocycles. The van der Waals surface area contributed by atoms with E-state index in [1.807, 2.05) is 6.08 Å². The average molecular weight is 955 g/mol. The summed E-state index contributed by atoms with van der Waals surface area (Å²) in [5.74, 6) is -0.513. The fourth-order valence-corrected chi connectivity index (χ4v) is 9.39. The van der Waals surface area contributed by atoms with Crippen LogP contribution in [0.25, 0.3) is 0 Å². The molecule has 0 spiro atoms. The van der Waals surface area contributed by atoms with Gasteiger partial charge in [0.1, 0.15) is 6.10 Å². The molecule has 0 saturated carbocycles. The van der Waals surface area contributed by atoms with E-state index in [9.17, 15) is 20.1 Å². The van der Waals surface area contributed by atoms with Crippen LogP contribution in [0, 0.1) is 0 Å². The van der Waals surface area contributed by atoms with Crippen molar-refractivity contribution < 1.29 is 20.1 Å². The number of carbonyl (C=O) groups excluding carboxylic acids is 1. The van der Waals surface area contributed by atoms with Crippen LogP contribution in [0.4, 0.5) is 0 Å². The summed E-state index contributed by atoms with van der Waals surface area (Å²) in [7, 11) is 0. The summed E-state index contributed by atoms with van der Waals surface area (Å²) in [4.78, 5) is 12.6. The molecule has 0 aromatic carbocycles. The lowest BCUT2D eigenvalue weighted by Crippen LogP contribution is -2.48. The SMILES string of the molecule is CCCCCCCCCCCCCC/C=C\CCCCCCCCCCCCCCCCC(O)C(=O)NC(CO)C(O)/C=C/CC/C=C/CC/C=C/CCCCCCCCCCCCCCCC. The maximum absolute atomic E-state index is 12.6. The highest BCUT2D eigenvalue weighted by Crippen LogP contribution is 2.17. The van der Waals surface area contributed by atoms with Crippen molar-refractivity contribution in [3.63, 3.8) is 0 Å². The highest BCUT2D eigenvalue weighted by Gasteiger charge is 2.22. The van der Waals surface area contributed by atoms with Gasteiger partial charge in [-0.3, -0.25) is 4.79 Å². The number of hydrogen-bond donors (Lipinski definition) is 4. The zero-order chi connectivity index (χ0) is 49.3. The van der Waals surface area contributed by atoms with E-state index in [1.54, 1.807) is 6.08 Å². The van der Waals surface area contributed by atoms with Gasteiger partial charge < -0.3 is 20.6 Å². The van der Waals surface area contributed by atoms with E-state index in [0.717, 1.165) is 44.9 Å². The topological polar surface area (TPSA) is 89.8 Å². The number of amides is 1. The van der Waals surface area contributed by atoms with Crippen LogP contribution in [0.3, 0.4) is 0 Å². The van der Waals surface area contributed by atoms with Gasteiger partial charge in [-0.25, -0.2) is 0 Å². The molecule has 4 N–H and O–H groups in total. The first-order valence-electron chi connectivity index (χ1n) is 30.5. The molecule has 400 valence electrons. The molecule has 0 aromatic rings. The summed E-state index contributed by atoms with van der Waals surface area (Å²) in [5.41, 5.74) is 0. The molecule has 0 aliphatic carbocycles. The lowest BCUT2D eigenvalue weighted by Gasteiger charge is -2.21. The summed E-state index contributed by atoms with van der Waals surface area (Å²) in [5, 5.41) is 33.4. The number of unbranched alkanes of at least 4 members (excludes halogenated alkanes) is 42.